The van der Waals surface area contributed by atoms with E-state index in [9.17, 15) is 9.59 Å². The predicted octanol–water partition coefficient (Wildman–Crippen LogP) is 3.10. The van der Waals surface area contributed by atoms with Crippen LogP contribution >= 0.6 is 11.6 Å². The number of amides is 2. The molecule has 134 valence electrons. The number of rotatable bonds is 3. The zero-order valence-corrected chi connectivity index (χ0v) is 14.7. The molecule has 1 atom stereocenters. The van der Waals surface area contributed by atoms with Crippen LogP contribution in [0.5, 0.6) is 11.5 Å². The Morgan fingerprint density at radius 1 is 1.12 bits per heavy atom. The van der Waals surface area contributed by atoms with E-state index in [-0.39, 0.29) is 18.2 Å². The molecule has 26 heavy (non-hydrogen) atoms. The Kier molecular flexibility index (Phi) is 4.42. The van der Waals surface area contributed by atoms with Gasteiger partial charge in [0.25, 0.3) is 0 Å². The van der Waals surface area contributed by atoms with E-state index in [1.54, 1.807) is 41.3 Å². The number of halogens is 1. The highest BCUT2D eigenvalue weighted by Crippen LogP contribution is 2.33. The maximum atomic E-state index is 12.6. The molecule has 2 amide bonds. The van der Waals surface area contributed by atoms with Crippen molar-refractivity contribution in [3.8, 4) is 11.5 Å². The topological polar surface area (TPSA) is 67.9 Å². The van der Waals surface area contributed by atoms with Crippen LogP contribution < -0.4 is 19.7 Å². The van der Waals surface area contributed by atoms with Gasteiger partial charge in [-0.3, -0.25) is 9.59 Å². The second kappa shape index (κ2) is 6.88. The first-order valence-corrected chi connectivity index (χ1v) is 8.74. The van der Waals surface area contributed by atoms with Gasteiger partial charge in [0.15, 0.2) is 11.5 Å². The minimum Gasteiger partial charge on any atom is -0.486 e. The van der Waals surface area contributed by atoms with Crippen molar-refractivity contribution >= 4 is 34.8 Å². The van der Waals surface area contributed by atoms with Crippen molar-refractivity contribution in [1.82, 2.24) is 0 Å². The lowest BCUT2D eigenvalue weighted by atomic mass is 10.1. The van der Waals surface area contributed by atoms with Gasteiger partial charge >= 0.3 is 0 Å². The first-order chi connectivity index (χ1) is 12.6. The predicted molar refractivity (Wildman–Crippen MR) is 98.0 cm³/mol. The van der Waals surface area contributed by atoms with Gasteiger partial charge < -0.3 is 19.7 Å². The fraction of sp³-hybridized carbons (Fsp3) is 0.263. The van der Waals surface area contributed by atoms with Crippen LogP contribution in [0.4, 0.5) is 11.4 Å². The quantitative estimate of drug-likeness (QED) is 0.899. The van der Waals surface area contributed by atoms with Gasteiger partial charge in [-0.25, -0.2) is 0 Å². The molecule has 0 unspecified atom stereocenters. The van der Waals surface area contributed by atoms with E-state index in [0.717, 1.165) is 0 Å². The first-order valence-electron chi connectivity index (χ1n) is 8.36. The maximum Gasteiger partial charge on any atom is 0.229 e. The van der Waals surface area contributed by atoms with E-state index >= 15 is 0 Å². The van der Waals surface area contributed by atoms with Crippen LogP contribution in [0.2, 0.25) is 5.02 Å². The average Bonchev–Trinajstić information content (AvgIpc) is 3.03. The molecule has 4 rings (SSSR count). The molecular weight excluding hydrogens is 356 g/mol. The van der Waals surface area contributed by atoms with Crippen LogP contribution in [0.25, 0.3) is 0 Å². The number of carbonyl (C=O) groups is 2. The van der Waals surface area contributed by atoms with Crippen LogP contribution in [0.15, 0.2) is 42.5 Å². The van der Waals surface area contributed by atoms with E-state index < -0.39 is 5.92 Å². The largest absolute Gasteiger partial charge is 0.486 e. The lowest BCUT2D eigenvalue weighted by molar-refractivity contribution is -0.122. The number of carbonyl (C=O) groups excluding carboxylic acids is 2. The van der Waals surface area contributed by atoms with E-state index in [4.69, 9.17) is 21.1 Å². The van der Waals surface area contributed by atoms with Crippen LogP contribution in [0.1, 0.15) is 6.42 Å². The summed E-state index contributed by atoms with van der Waals surface area (Å²) in [4.78, 5) is 26.5. The van der Waals surface area contributed by atoms with Crippen molar-refractivity contribution in [3.63, 3.8) is 0 Å². The molecule has 2 aliphatic rings. The summed E-state index contributed by atoms with van der Waals surface area (Å²) in [5.41, 5.74) is 1.32. The molecule has 0 aliphatic carbocycles. The van der Waals surface area contributed by atoms with Gasteiger partial charge in [-0.05, 0) is 30.3 Å². The van der Waals surface area contributed by atoms with Gasteiger partial charge in [0.05, 0.1) is 5.92 Å². The first kappa shape index (κ1) is 16.7. The lowest BCUT2D eigenvalue weighted by Crippen LogP contribution is -2.28. The molecule has 0 saturated carbocycles. The second-order valence-corrected chi connectivity index (χ2v) is 6.67. The number of fused-ring (bicyclic) bond motifs is 1. The summed E-state index contributed by atoms with van der Waals surface area (Å²) in [6.45, 7) is 1.33. The van der Waals surface area contributed by atoms with Gasteiger partial charge in [-0.2, -0.15) is 0 Å². The molecule has 1 N–H and O–H groups in total. The molecule has 0 aromatic heterocycles. The number of hydrogen-bond acceptors (Lipinski definition) is 4. The number of anilines is 2. The van der Waals surface area contributed by atoms with Crippen molar-refractivity contribution in [1.29, 1.82) is 0 Å². The fourth-order valence-electron chi connectivity index (χ4n) is 3.14. The van der Waals surface area contributed by atoms with E-state index in [1.165, 1.54) is 0 Å². The van der Waals surface area contributed by atoms with Crippen molar-refractivity contribution in [3.05, 3.63) is 47.5 Å². The Morgan fingerprint density at radius 2 is 1.92 bits per heavy atom. The number of ether oxygens (including phenoxy) is 2. The molecule has 0 radical (unpaired) electrons. The van der Waals surface area contributed by atoms with Gasteiger partial charge in [-0.1, -0.05) is 17.7 Å². The Labute approximate surface area is 155 Å². The minimum atomic E-state index is -0.422. The summed E-state index contributed by atoms with van der Waals surface area (Å²) in [6, 6.07) is 12.3. The number of nitrogens with one attached hydrogen (secondary N) is 1. The maximum absolute atomic E-state index is 12.6. The Balaban J connectivity index is 1.45. The molecule has 2 aliphatic heterocycles. The molecule has 0 bridgehead atoms. The summed E-state index contributed by atoms with van der Waals surface area (Å²) in [5.74, 6) is 0.568. The Hall–Kier alpha value is -2.73. The average molecular weight is 373 g/mol. The lowest BCUT2D eigenvalue weighted by Gasteiger charge is -2.19. The van der Waals surface area contributed by atoms with Crippen molar-refractivity contribution in [2.45, 2.75) is 6.42 Å². The number of nitrogens with zero attached hydrogens (tertiary/aromatic N) is 1. The third kappa shape index (κ3) is 3.32. The molecule has 2 heterocycles. The fourth-order valence-corrected chi connectivity index (χ4v) is 3.33. The summed E-state index contributed by atoms with van der Waals surface area (Å²) in [7, 11) is 0. The molecule has 1 fully saturated rings. The number of benzene rings is 2. The molecule has 6 nitrogen and oxygen atoms in total. The highest BCUT2D eigenvalue weighted by Gasteiger charge is 2.35. The highest BCUT2D eigenvalue weighted by molar-refractivity contribution is 6.31. The second-order valence-electron chi connectivity index (χ2n) is 6.23. The van der Waals surface area contributed by atoms with Crippen molar-refractivity contribution in [2.24, 2.45) is 5.92 Å². The summed E-state index contributed by atoms with van der Waals surface area (Å²) in [6.07, 6.45) is 0.170. The van der Waals surface area contributed by atoms with E-state index in [0.29, 0.717) is 47.7 Å². The van der Waals surface area contributed by atoms with Crippen molar-refractivity contribution in [2.75, 3.05) is 30.0 Å². The SMILES string of the molecule is O=C(Nc1ccc2c(c1)OCCO2)[C@@H]1CC(=O)N(c2cccc(Cl)c2)C1. The Morgan fingerprint density at radius 3 is 2.73 bits per heavy atom. The monoisotopic (exact) mass is 372 g/mol. The van der Waals surface area contributed by atoms with Crippen LogP contribution in [0, 0.1) is 5.92 Å². The molecule has 7 heteroatoms. The molecule has 2 aromatic carbocycles. The summed E-state index contributed by atoms with van der Waals surface area (Å²) < 4.78 is 11.0. The van der Waals surface area contributed by atoms with Crippen LogP contribution in [-0.4, -0.2) is 31.6 Å². The van der Waals surface area contributed by atoms with Gasteiger partial charge in [-0.15, -0.1) is 0 Å². The molecule has 2 aromatic rings. The molecule has 1 saturated heterocycles. The van der Waals surface area contributed by atoms with Crippen LogP contribution in [-0.2, 0) is 9.59 Å². The normalized spacial score (nSPS) is 18.7. The van der Waals surface area contributed by atoms with E-state index in [1.807, 2.05) is 6.07 Å². The third-order valence-corrected chi connectivity index (χ3v) is 4.66. The van der Waals surface area contributed by atoms with Gasteiger partial charge in [0.1, 0.15) is 13.2 Å². The van der Waals surface area contributed by atoms with Crippen LogP contribution in [0.3, 0.4) is 0 Å². The van der Waals surface area contributed by atoms with Gasteiger partial charge in [0, 0.05) is 35.4 Å². The van der Waals surface area contributed by atoms with E-state index in [2.05, 4.69) is 5.32 Å². The summed E-state index contributed by atoms with van der Waals surface area (Å²) in [5, 5.41) is 3.41. The zero-order chi connectivity index (χ0) is 18.1. The third-order valence-electron chi connectivity index (χ3n) is 4.43. The molecular formula is C19H17ClN2O4. The minimum absolute atomic E-state index is 0.0883. The van der Waals surface area contributed by atoms with Gasteiger partial charge in [0.2, 0.25) is 11.8 Å². The standard InChI is InChI=1S/C19H17ClN2O4/c20-13-2-1-3-15(9-13)22-11-12(8-18(22)23)19(24)21-14-4-5-16-17(10-14)26-7-6-25-16/h1-5,9-10,12H,6-8,11H2,(H,21,24)/t12-/m1/s1. The highest BCUT2D eigenvalue weighted by atomic mass is 35.5. The van der Waals surface area contributed by atoms with Crippen molar-refractivity contribution < 1.29 is 19.1 Å². The smallest absolute Gasteiger partial charge is 0.229 e. The summed E-state index contributed by atoms with van der Waals surface area (Å²) >= 11 is 6.00. The zero-order valence-electron chi connectivity index (χ0n) is 13.9. The number of hydrogen-bond donors (Lipinski definition) is 1. The molecule has 0 spiro atoms. The Bertz CT molecular complexity index is 870.